The van der Waals surface area contributed by atoms with Crippen molar-refractivity contribution < 1.29 is 0 Å². The largest absolute Gasteiger partial charge is 0.330 e. The monoisotopic (exact) mass is 340 g/mol. The maximum Gasteiger partial charge on any atom is 0.0606 e. The summed E-state index contributed by atoms with van der Waals surface area (Å²) in [5, 5.41) is 0. The van der Waals surface area contributed by atoms with Gasteiger partial charge >= 0.3 is 0 Å². The van der Waals surface area contributed by atoms with Crippen molar-refractivity contribution in [3.8, 4) is 0 Å². The molecule has 0 amide bonds. The van der Waals surface area contributed by atoms with Crippen molar-refractivity contribution in [1.82, 2.24) is 0 Å². The standard InChI is InChI=1S/C15H35NP.BrH/c1-4-7-12-17(13-8-5-2,14-9-6-3)15-10-11-16;/h4-16H2,1-3H3;1H/q+1;. The Kier molecular flexibility index (Phi) is 16.8. The number of hydrogen-bond donors (Lipinski definition) is 1. The Labute approximate surface area is 127 Å². The minimum atomic E-state index is -0.642. The zero-order valence-corrected chi connectivity index (χ0v) is 15.5. The molecule has 2 N–H and O–H groups in total. The summed E-state index contributed by atoms with van der Waals surface area (Å²) in [5.74, 6) is 0. The molecule has 0 aliphatic carbocycles. The topological polar surface area (TPSA) is 26.0 Å². The van der Waals surface area contributed by atoms with Crippen LogP contribution in [0.25, 0.3) is 0 Å². The molecule has 0 unspecified atom stereocenters. The van der Waals surface area contributed by atoms with Crippen LogP contribution in [0.3, 0.4) is 0 Å². The van der Waals surface area contributed by atoms with Gasteiger partial charge in [0.1, 0.15) is 0 Å². The van der Waals surface area contributed by atoms with Crippen LogP contribution < -0.4 is 5.73 Å². The van der Waals surface area contributed by atoms with Crippen molar-refractivity contribution in [3.63, 3.8) is 0 Å². The average molecular weight is 341 g/mol. The first-order chi connectivity index (χ1) is 8.24. The molecule has 0 aliphatic rings. The second-order valence-electron chi connectivity index (χ2n) is 5.44. The molecule has 0 aromatic carbocycles. The summed E-state index contributed by atoms with van der Waals surface area (Å²) in [6.07, 6.45) is 15.8. The van der Waals surface area contributed by atoms with Crippen molar-refractivity contribution in [3.05, 3.63) is 0 Å². The Hall–Kier alpha value is 0.870. The van der Waals surface area contributed by atoms with E-state index in [-0.39, 0.29) is 17.0 Å². The van der Waals surface area contributed by atoms with E-state index in [1.165, 1.54) is 51.1 Å². The Morgan fingerprint density at radius 2 is 1.00 bits per heavy atom. The van der Waals surface area contributed by atoms with E-state index in [1.54, 1.807) is 18.5 Å². The third-order valence-electron chi connectivity index (χ3n) is 3.79. The third-order valence-corrected chi connectivity index (χ3v) is 8.85. The van der Waals surface area contributed by atoms with E-state index in [0.717, 1.165) is 6.54 Å². The molecule has 0 saturated heterocycles. The minimum absolute atomic E-state index is 0. The molecule has 112 valence electrons. The fraction of sp³-hybridized carbons (Fsp3) is 1.00. The molecule has 18 heavy (non-hydrogen) atoms. The molecular formula is C15H36BrNP+. The molecule has 0 bridgehead atoms. The van der Waals surface area contributed by atoms with E-state index in [9.17, 15) is 0 Å². The predicted molar refractivity (Wildman–Crippen MR) is 95.1 cm³/mol. The van der Waals surface area contributed by atoms with Crippen molar-refractivity contribution in [2.75, 3.05) is 31.2 Å². The zero-order chi connectivity index (χ0) is 13.0. The van der Waals surface area contributed by atoms with Crippen LogP contribution in [0.1, 0.15) is 65.7 Å². The van der Waals surface area contributed by atoms with Gasteiger partial charge in [-0.1, -0.05) is 40.0 Å². The normalized spacial score (nSPS) is 11.3. The van der Waals surface area contributed by atoms with E-state index in [4.69, 9.17) is 5.73 Å². The van der Waals surface area contributed by atoms with Gasteiger partial charge in [0.2, 0.25) is 0 Å². The van der Waals surface area contributed by atoms with Crippen LogP contribution in [0.2, 0.25) is 0 Å². The fourth-order valence-electron chi connectivity index (χ4n) is 2.58. The average Bonchev–Trinajstić information content (AvgIpc) is 2.37. The lowest BCUT2D eigenvalue weighted by Gasteiger charge is -2.28. The van der Waals surface area contributed by atoms with Crippen LogP contribution in [0.5, 0.6) is 0 Å². The van der Waals surface area contributed by atoms with Crippen LogP contribution in [0.4, 0.5) is 0 Å². The summed E-state index contributed by atoms with van der Waals surface area (Å²) >= 11 is 0. The maximum absolute atomic E-state index is 5.74. The lowest BCUT2D eigenvalue weighted by Crippen LogP contribution is -2.15. The number of unbranched alkanes of at least 4 members (excludes halogenated alkanes) is 3. The Morgan fingerprint density at radius 1 is 0.667 bits per heavy atom. The SMILES string of the molecule is Br.CCCC[P+](CCCC)(CCCC)CCCN. The Balaban J connectivity index is 0. The molecule has 1 nitrogen and oxygen atoms in total. The van der Waals surface area contributed by atoms with Gasteiger partial charge in [-0.2, -0.15) is 0 Å². The number of halogens is 1. The smallest absolute Gasteiger partial charge is 0.0606 e. The van der Waals surface area contributed by atoms with Crippen LogP contribution >= 0.6 is 24.2 Å². The highest BCUT2D eigenvalue weighted by Crippen LogP contribution is 2.61. The van der Waals surface area contributed by atoms with Gasteiger partial charge < -0.3 is 5.73 Å². The first kappa shape index (κ1) is 21.2. The predicted octanol–water partition coefficient (Wildman–Crippen LogP) is 5.33. The third kappa shape index (κ3) is 9.75. The van der Waals surface area contributed by atoms with Crippen molar-refractivity contribution >= 4 is 24.2 Å². The lowest BCUT2D eigenvalue weighted by molar-refractivity contribution is 0.822. The van der Waals surface area contributed by atoms with E-state index in [1.807, 2.05) is 0 Å². The number of rotatable bonds is 12. The molecule has 0 saturated carbocycles. The van der Waals surface area contributed by atoms with E-state index in [2.05, 4.69) is 20.8 Å². The van der Waals surface area contributed by atoms with Gasteiger partial charge in [-0.25, -0.2) is 0 Å². The number of hydrogen-bond acceptors (Lipinski definition) is 1. The van der Waals surface area contributed by atoms with Gasteiger partial charge in [0.05, 0.1) is 24.6 Å². The van der Waals surface area contributed by atoms with Crippen molar-refractivity contribution in [1.29, 1.82) is 0 Å². The highest BCUT2D eigenvalue weighted by molar-refractivity contribution is 8.93. The summed E-state index contributed by atoms with van der Waals surface area (Å²) in [6, 6.07) is 0. The molecule has 0 atom stereocenters. The molecule has 0 rings (SSSR count). The van der Waals surface area contributed by atoms with Gasteiger partial charge in [-0.3, -0.25) is 0 Å². The molecule has 0 radical (unpaired) electrons. The molecule has 3 heteroatoms. The van der Waals surface area contributed by atoms with E-state index >= 15 is 0 Å². The maximum atomic E-state index is 5.74. The molecule has 0 aliphatic heterocycles. The highest BCUT2D eigenvalue weighted by atomic mass is 79.9. The summed E-state index contributed by atoms with van der Waals surface area (Å²) in [6.45, 7) is 7.89. The van der Waals surface area contributed by atoms with Crippen molar-refractivity contribution in [2.45, 2.75) is 65.7 Å². The molecule has 0 spiro atoms. The Bertz CT molecular complexity index is 127. The zero-order valence-electron chi connectivity index (χ0n) is 12.9. The summed E-state index contributed by atoms with van der Waals surface area (Å²) in [5.41, 5.74) is 5.74. The quantitative estimate of drug-likeness (QED) is 0.477. The first-order valence-electron chi connectivity index (χ1n) is 7.79. The molecule has 0 aromatic heterocycles. The minimum Gasteiger partial charge on any atom is -0.330 e. The summed E-state index contributed by atoms with van der Waals surface area (Å²) < 4.78 is 0. The van der Waals surface area contributed by atoms with Crippen molar-refractivity contribution in [2.24, 2.45) is 5.73 Å². The van der Waals surface area contributed by atoms with Gasteiger partial charge in [0, 0.05) is 7.26 Å². The van der Waals surface area contributed by atoms with E-state index in [0.29, 0.717) is 0 Å². The van der Waals surface area contributed by atoms with Crippen LogP contribution in [-0.4, -0.2) is 31.2 Å². The fourth-order valence-corrected chi connectivity index (χ4v) is 7.73. The number of nitrogens with two attached hydrogens (primary N) is 1. The van der Waals surface area contributed by atoms with Gasteiger partial charge in [-0.15, -0.1) is 17.0 Å². The lowest BCUT2D eigenvalue weighted by atomic mass is 10.4. The van der Waals surface area contributed by atoms with E-state index < -0.39 is 7.26 Å². The van der Waals surface area contributed by atoms with Crippen LogP contribution in [0, 0.1) is 0 Å². The molecule has 0 fully saturated rings. The first-order valence-corrected chi connectivity index (χ1v) is 10.3. The molecular weight excluding hydrogens is 305 g/mol. The highest BCUT2D eigenvalue weighted by Gasteiger charge is 2.34. The molecule has 0 heterocycles. The van der Waals surface area contributed by atoms with Gasteiger partial charge in [-0.05, 0) is 32.2 Å². The molecule has 0 aromatic rings. The summed E-state index contributed by atoms with van der Waals surface area (Å²) in [7, 11) is -0.642. The van der Waals surface area contributed by atoms with Crippen LogP contribution in [0.15, 0.2) is 0 Å². The van der Waals surface area contributed by atoms with Gasteiger partial charge in [0.25, 0.3) is 0 Å². The van der Waals surface area contributed by atoms with Crippen LogP contribution in [-0.2, 0) is 0 Å². The second kappa shape index (κ2) is 14.3. The van der Waals surface area contributed by atoms with Gasteiger partial charge in [0.15, 0.2) is 0 Å². The summed E-state index contributed by atoms with van der Waals surface area (Å²) in [4.78, 5) is 0. The Morgan fingerprint density at radius 3 is 1.28 bits per heavy atom. The second-order valence-corrected chi connectivity index (χ2v) is 9.91.